The van der Waals surface area contributed by atoms with Gasteiger partial charge in [-0.3, -0.25) is 19.9 Å². The highest BCUT2D eigenvalue weighted by atomic mass is 32.2. The monoisotopic (exact) mass is 698 g/mol. The number of ether oxygens (including phenoxy) is 2. The minimum atomic E-state index is -1.21. The molecule has 0 radical (unpaired) electrons. The molecule has 10 nitrogen and oxygen atoms in total. The maximum Gasteiger partial charge on any atom is 0.265 e. The van der Waals surface area contributed by atoms with Crippen LogP contribution < -0.4 is 20.5 Å². The molecule has 1 aliphatic heterocycles. The summed E-state index contributed by atoms with van der Waals surface area (Å²) in [6, 6.07) is 17.4. The number of aromatic nitrogens is 3. The van der Waals surface area contributed by atoms with Gasteiger partial charge in [-0.25, -0.2) is 9.97 Å². The first kappa shape index (κ1) is 36.8. The molecule has 2 aromatic heterocycles. The number of imidazole rings is 1. The molecular formula is C39H50N6O4S. The molecule has 1 unspecified atom stereocenters. The van der Waals surface area contributed by atoms with Gasteiger partial charge in [0.1, 0.15) is 18.2 Å². The van der Waals surface area contributed by atoms with Gasteiger partial charge in [0.2, 0.25) is 0 Å². The van der Waals surface area contributed by atoms with Gasteiger partial charge in [-0.15, -0.1) is 0 Å². The Balaban J connectivity index is 1.24. The van der Waals surface area contributed by atoms with E-state index in [1.807, 2.05) is 65.4 Å². The molecule has 0 aliphatic carbocycles. The molecule has 0 spiro atoms. The molecule has 0 fully saturated rings. The average Bonchev–Trinajstić information content (AvgIpc) is 3.47. The van der Waals surface area contributed by atoms with E-state index in [-0.39, 0.29) is 5.91 Å². The topological polar surface area (TPSA) is 111 Å². The number of unbranched alkanes of at least 4 members (excludes halogenated alkanes) is 1. The van der Waals surface area contributed by atoms with E-state index in [1.165, 1.54) is 0 Å². The number of nitrogens with zero attached hydrogens (tertiary/aromatic N) is 4. The number of aryl methyl sites for hydroxylation is 1. The van der Waals surface area contributed by atoms with Crippen molar-refractivity contribution >= 4 is 34.3 Å². The largest absolute Gasteiger partial charge is 0.491 e. The summed E-state index contributed by atoms with van der Waals surface area (Å²) in [5.74, 6) is 2.30. The fourth-order valence-corrected chi connectivity index (χ4v) is 6.87. The van der Waals surface area contributed by atoms with E-state index < -0.39 is 10.8 Å². The van der Waals surface area contributed by atoms with E-state index in [1.54, 1.807) is 12.5 Å². The van der Waals surface area contributed by atoms with Crippen molar-refractivity contribution in [1.29, 1.82) is 0 Å². The lowest BCUT2D eigenvalue weighted by Crippen LogP contribution is -2.33. The Bertz CT molecular complexity index is 1740. The maximum absolute atomic E-state index is 13.5. The van der Waals surface area contributed by atoms with Gasteiger partial charge < -0.3 is 18.9 Å². The first-order chi connectivity index (χ1) is 24.3. The Morgan fingerprint density at radius 2 is 1.78 bits per heavy atom. The summed E-state index contributed by atoms with van der Waals surface area (Å²) in [7, 11) is -1.21. The summed E-state index contributed by atoms with van der Waals surface area (Å²) >= 11 is 0. The van der Waals surface area contributed by atoms with Crippen LogP contribution in [0.3, 0.4) is 0 Å². The number of hydrazine groups is 1. The second kappa shape index (κ2) is 18.5. The Morgan fingerprint density at radius 1 is 0.980 bits per heavy atom. The average molecular weight is 699 g/mol. The minimum Gasteiger partial charge on any atom is -0.491 e. The van der Waals surface area contributed by atoms with Gasteiger partial charge in [-0.1, -0.05) is 46.2 Å². The second-order valence-electron chi connectivity index (χ2n) is 12.9. The van der Waals surface area contributed by atoms with Gasteiger partial charge >= 0.3 is 0 Å². The summed E-state index contributed by atoms with van der Waals surface area (Å²) in [6.45, 7) is 12.9. The van der Waals surface area contributed by atoms with Crippen molar-refractivity contribution < 1.29 is 18.5 Å². The van der Waals surface area contributed by atoms with Crippen LogP contribution in [0.5, 0.6) is 5.75 Å². The summed E-state index contributed by atoms with van der Waals surface area (Å²) in [5, 5.41) is 0. The standard InChI is InChI=1S/C39H50N6O4S/c1-5-7-19-48-20-21-49-36-12-8-30(9-13-36)33-23-32-22-31(16-18-44(26-29(3)4)38(32)41-24-33)39(46)43-42-34-10-14-37(15-11-34)50(47)27-35-25-40-28-45(35)17-6-2/h8-15,22-25,28-29,42H,5-7,16-21,26-27H2,1-4H3,(H,43,46). The van der Waals surface area contributed by atoms with Gasteiger partial charge in [-0.05, 0) is 79.3 Å². The van der Waals surface area contributed by atoms with Crippen LogP contribution in [0.2, 0.25) is 0 Å². The molecule has 2 N–H and O–H groups in total. The molecule has 1 amide bonds. The van der Waals surface area contributed by atoms with E-state index in [4.69, 9.17) is 14.5 Å². The van der Waals surface area contributed by atoms with Gasteiger partial charge in [0.15, 0.2) is 0 Å². The van der Waals surface area contributed by atoms with Crippen molar-refractivity contribution in [3.63, 3.8) is 0 Å². The van der Waals surface area contributed by atoms with Crippen LogP contribution in [0, 0.1) is 5.92 Å². The van der Waals surface area contributed by atoms with Crippen LogP contribution in [0.1, 0.15) is 64.6 Å². The van der Waals surface area contributed by atoms with E-state index in [0.717, 1.165) is 77.8 Å². The predicted molar refractivity (Wildman–Crippen MR) is 201 cm³/mol. The van der Waals surface area contributed by atoms with E-state index in [0.29, 0.717) is 49.1 Å². The highest BCUT2D eigenvalue weighted by Crippen LogP contribution is 2.31. The Hall–Kier alpha value is -4.48. The number of rotatable bonds is 18. The number of anilines is 2. The zero-order valence-electron chi connectivity index (χ0n) is 29.7. The lowest BCUT2D eigenvalue weighted by Gasteiger charge is -2.26. The third-order valence-corrected chi connectivity index (χ3v) is 9.71. The first-order valence-corrected chi connectivity index (χ1v) is 19.0. The molecule has 0 saturated heterocycles. The number of carbonyl (C=O) groups is 1. The lowest BCUT2D eigenvalue weighted by atomic mass is 10.0. The number of amides is 1. The van der Waals surface area contributed by atoms with E-state index in [9.17, 15) is 9.00 Å². The molecule has 1 atom stereocenters. The predicted octanol–water partition coefficient (Wildman–Crippen LogP) is 7.25. The zero-order chi connectivity index (χ0) is 35.3. The minimum absolute atomic E-state index is 0.204. The molecule has 0 saturated carbocycles. The smallest absolute Gasteiger partial charge is 0.265 e. The van der Waals surface area contributed by atoms with Crippen molar-refractivity contribution in [2.75, 3.05) is 43.2 Å². The van der Waals surface area contributed by atoms with Crippen molar-refractivity contribution in [3.05, 3.63) is 90.1 Å². The molecule has 5 rings (SSSR count). The number of benzene rings is 2. The molecule has 0 bridgehead atoms. The first-order valence-electron chi connectivity index (χ1n) is 17.6. The van der Waals surface area contributed by atoms with Gasteiger partial charge in [0.25, 0.3) is 5.91 Å². The van der Waals surface area contributed by atoms with Gasteiger partial charge in [-0.2, -0.15) is 0 Å². The van der Waals surface area contributed by atoms with Crippen LogP contribution in [-0.2, 0) is 32.6 Å². The molecule has 50 heavy (non-hydrogen) atoms. The fraction of sp³-hybridized carbons (Fsp3) is 0.410. The van der Waals surface area contributed by atoms with Crippen LogP contribution in [0.4, 0.5) is 11.5 Å². The van der Waals surface area contributed by atoms with Crippen LogP contribution in [0.15, 0.2) is 83.8 Å². The zero-order valence-corrected chi connectivity index (χ0v) is 30.5. The molecule has 1 aliphatic rings. The van der Waals surface area contributed by atoms with E-state index >= 15 is 0 Å². The molecule has 3 heterocycles. The number of hydrogen-bond donors (Lipinski definition) is 2. The number of pyridine rings is 1. The summed E-state index contributed by atoms with van der Waals surface area (Å²) < 4.78 is 26.5. The lowest BCUT2D eigenvalue weighted by molar-refractivity contribution is -0.117. The number of carbonyl (C=O) groups excluding carboxylic acids is 1. The summed E-state index contributed by atoms with van der Waals surface area (Å²) in [4.78, 5) is 25.6. The fourth-order valence-electron chi connectivity index (χ4n) is 5.76. The van der Waals surface area contributed by atoms with Crippen molar-refractivity contribution in [2.24, 2.45) is 5.92 Å². The third kappa shape index (κ3) is 10.3. The molecule has 2 aromatic carbocycles. The second-order valence-corrected chi connectivity index (χ2v) is 14.4. The maximum atomic E-state index is 13.5. The normalized spacial score (nSPS) is 13.4. The number of fused-ring (bicyclic) bond motifs is 1. The van der Waals surface area contributed by atoms with Crippen LogP contribution in [0.25, 0.3) is 17.2 Å². The highest BCUT2D eigenvalue weighted by Gasteiger charge is 2.22. The quantitative estimate of drug-likeness (QED) is 0.0826. The van der Waals surface area contributed by atoms with Gasteiger partial charge in [0, 0.05) is 60.2 Å². The molecule has 4 aromatic rings. The Kier molecular flexibility index (Phi) is 13.6. The molecule has 266 valence electrons. The van der Waals surface area contributed by atoms with Gasteiger partial charge in [0.05, 0.1) is 40.9 Å². The SMILES string of the molecule is CCCCOCCOc1ccc(-c2cnc3c(c2)C=C(C(=O)NNc2ccc(S(=O)Cc4cncn4CCC)cc2)CCN3CC(C)C)cc1. The van der Waals surface area contributed by atoms with Crippen LogP contribution >= 0.6 is 0 Å². The Labute approximate surface area is 298 Å². The van der Waals surface area contributed by atoms with Crippen molar-refractivity contribution in [1.82, 2.24) is 20.0 Å². The number of hydrogen-bond acceptors (Lipinski definition) is 8. The van der Waals surface area contributed by atoms with Crippen LogP contribution in [-0.4, -0.2) is 57.6 Å². The third-order valence-electron chi connectivity index (χ3n) is 8.36. The van der Waals surface area contributed by atoms with E-state index in [2.05, 4.69) is 54.5 Å². The summed E-state index contributed by atoms with van der Waals surface area (Å²) in [6.07, 6.45) is 11.2. The van der Waals surface area contributed by atoms with Crippen molar-refractivity contribution in [3.8, 4) is 16.9 Å². The Morgan fingerprint density at radius 3 is 2.52 bits per heavy atom. The molecule has 11 heteroatoms. The highest BCUT2D eigenvalue weighted by molar-refractivity contribution is 7.84. The summed E-state index contributed by atoms with van der Waals surface area (Å²) in [5.41, 5.74) is 11.1. The number of nitrogens with one attached hydrogen (secondary N) is 2. The molecular weight excluding hydrogens is 649 g/mol. The van der Waals surface area contributed by atoms with Crippen molar-refractivity contribution in [2.45, 2.75) is 70.6 Å².